The van der Waals surface area contributed by atoms with Crippen molar-refractivity contribution in [3.8, 4) is 0 Å². The van der Waals surface area contributed by atoms with Crippen LogP contribution in [0.5, 0.6) is 0 Å². The molecule has 0 aliphatic rings. The predicted molar refractivity (Wildman–Crippen MR) is 85.6 cm³/mol. The van der Waals surface area contributed by atoms with Crippen molar-refractivity contribution in [2.75, 3.05) is 10.6 Å². The Balaban J connectivity index is 1.68. The summed E-state index contributed by atoms with van der Waals surface area (Å²) in [7, 11) is 0. The molecule has 25 heavy (non-hydrogen) atoms. The Morgan fingerprint density at radius 3 is 2.52 bits per heavy atom. The molecule has 0 bridgehead atoms. The molecular formula is C17H12F3N3O2. The molecule has 0 saturated heterocycles. The molecule has 1 amide bonds. The summed E-state index contributed by atoms with van der Waals surface area (Å²) in [5.74, 6) is -0.0138. The van der Waals surface area contributed by atoms with Gasteiger partial charge in [-0.1, -0.05) is 6.07 Å². The van der Waals surface area contributed by atoms with Crippen LogP contribution in [0.2, 0.25) is 0 Å². The highest BCUT2D eigenvalue weighted by Crippen LogP contribution is 2.31. The predicted octanol–water partition coefficient (Wildman–Crippen LogP) is 4.69. The molecule has 0 atom stereocenters. The maximum Gasteiger partial charge on any atom is 0.416 e. The number of hydrogen-bond acceptors (Lipinski definition) is 4. The van der Waals surface area contributed by atoms with Gasteiger partial charge in [0, 0.05) is 5.69 Å². The molecule has 0 saturated carbocycles. The van der Waals surface area contributed by atoms with Crippen molar-refractivity contribution in [2.24, 2.45) is 0 Å². The number of carbonyl (C=O) groups is 1. The number of anilines is 3. The Labute approximate surface area is 140 Å². The molecule has 0 spiro atoms. The van der Waals surface area contributed by atoms with Crippen LogP contribution >= 0.6 is 0 Å². The number of carbonyl (C=O) groups excluding carboxylic acids is 1. The number of halogens is 3. The monoisotopic (exact) mass is 347 g/mol. The largest absolute Gasteiger partial charge is 0.459 e. The van der Waals surface area contributed by atoms with Gasteiger partial charge in [-0.3, -0.25) is 4.79 Å². The van der Waals surface area contributed by atoms with Gasteiger partial charge in [0.05, 0.1) is 23.7 Å². The first-order chi connectivity index (χ1) is 11.9. The molecular weight excluding hydrogens is 335 g/mol. The Morgan fingerprint density at radius 1 is 1.04 bits per heavy atom. The Bertz CT molecular complexity index is 860. The second kappa shape index (κ2) is 6.68. The van der Waals surface area contributed by atoms with Gasteiger partial charge in [0.1, 0.15) is 5.82 Å². The summed E-state index contributed by atoms with van der Waals surface area (Å²) in [6.45, 7) is 0. The summed E-state index contributed by atoms with van der Waals surface area (Å²) >= 11 is 0. The fraction of sp³-hybridized carbons (Fsp3) is 0.0588. The van der Waals surface area contributed by atoms with E-state index in [1.54, 1.807) is 12.1 Å². The van der Waals surface area contributed by atoms with Gasteiger partial charge in [0.2, 0.25) is 0 Å². The minimum absolute atomic E-state index is 0.146. The van der Waals surface area contributed by atoms with Crippen molar-refractivity contribution >= 4 is 23.1 Å². The Kier molecular flexibility index (Phi) is 4.42. The first kappa shape index (κ1) is 16.6. The van der Waals surface area contributed by atoms with Crippen LogP contribution in [0.15, 0.2) is 65.4 Å². The molecule has 0 aliphatic heterocycles. The molecule has 8 heteroatoms. The molecule has 0 aliphatic carbocycles. The van der Waals surface area contributed by atoms with Gasteiger partial charge in [0.15, 0.2) is 5.76 Å². The van der Waals surface area contributed by atoms with Crippen molar-refractivity contribution in [1.29, 1.82) is 0 Å². The van der Waals surface area contributed by atoms with Crippen LogP contribution in [0.4, 0.5) is 30.4 Å². The van der Waals surface area contributed by atoms with E-state index < -0.39 is 17.6 Å². The number of pyridine rings is 1. The van der Waals surface area contributed by atoms with Gasteiger partial charge in [-0.15, -0.1) is 0 Å². The van der Waals surface area contributed by atoms with Gasteiger partial charge in [-0.2, -0.15) is 13.2 Å². The van der Waals surface area contributed by atoms with Crippen LogP contribution in [0, 0.1) is 0 Å². The SMILES string of the molecule is O=C(Nc1ccc(Nc2cccc(C(F)(F)F)c2)cn1)c1ccco1. The molecule has 0 fully saturated rings. The Morgan fingerprint density at radius 2 is 1.88 bits per heavy atom. The van der Waals surface area contributed by atoms with Gasteiger partial charge in [-0.25, -0.2) is 4.98 Å². The smallest absolute Gasteiger partial charge is 0.416 e. The normalized spacial score (nSPS) is 11.2. The van der Waals surface area contributed by atoms with Crippen LogP contribution in [0.25, 0.3) is 0 Å². The minimum Gasteiger partial charge on any atom is -0.459 e. The van der Waals surface area contributed by atoms with E-state index in [2.05, 4.69) is 15.6 Å². The summed E-state index contributed by atoms with van der Waals surface area (Å²) in [6.07, 6.45) is -1.63. The lowest BCUT2D eigenvalue weighted by Crippen LogP contribution is -2.11. The Hall–Kier alpha value is -3.29. The van der Waals surface area contributed by atoms with Crippen molar-refractivity contribution in [1.82, 2.24) is 4.98 Å². The summed E-state index contributed by atoms with van der Waals surface area (Å²) in [5, 5.41) is 5.37. The van der Waals surface area contributed by atoms with E-state index in [0.29, 0.717) is 5.69 Å². The zero-order valence-corrected chi connectivity index (χ0v) is 12.7. The van der Waals surface area contributed by atoms with Crippen LogP contribution in [-0.4, -0.2) is 10.9 Å². The van der Waals surface area contributed by atoms with E-state index in [9.17, 15) is 18.0 Å². The number of nitrogens with one attached hydrogen (secondary N) is 2. The molecule has 0 unspecified atom stereocenters. The third-order valence-corrected chi connectivity index (χ3v) is 3.23. The first-order valence-electron chi connectivity index (χ1n) is 7.17. The van der Waals surface area contributed by atoms with E-state index in [4.69, 9.17) is 4.42 Å². The lowest BCUT2D eigenvalue weighted by Gasteiger charge is -2.11. The van der Waals surface area contributed by atoms with Crippen molar-refractivity contribution in [2.45, 2.75) is 6.18 Å². The minimum atomic E-state index is -4.41. The zero-order chi connectivity index (χ0) is 17.9. The fourth-order valence-electron chi connectivity index (χ4n) is 2.07. The van der Waals surface area contributed by atoms with Gasteiger partial charge >= 0.3 is 6.18 Å². The molecule has 3 rings (SSSR count). The molecule has 2 aromatic heterocycles. The molecule has 128 valence electrons. The zero-order valence-electron chi connectivity index (χ0n) is 12.7. The van der Waals surface area contributed by atoms with E-state index in [1.807, 2.05) is 0 Å². The number of furan rings is 1. The molecule has 2 N–H and O–H groups in total. The lowest BCUT2D eigenvalue weighted by molar-refractivity contribution is -0.137. The highest BCUT2D eigenvalue weighted by Gasteiger charge is 2.30. The molecule has 3 aromatic rings. The number of amides is 1. The maximum absolute atomic E-state index is 12.7. The summed E-state index contributed by atoms with van der Waals surface area (Å²) in [5.41, 5.74) is 0.0205. The number of nitrogens with zero attached hydrogens (tertiary/aromatic N) is 1. The maximum atomic E-state index is 12.7. The van der Waals surface area contributed by atoms with Crippen molar-refractivity contribution in [3.05, 3.63) is 72.3 Å². The first-order valence-corrected chi connectivity index (χ1v) is 7.17. The highest BCUT2D eigenvalue weighted by atomic mass is 19.4. The number of benzene rings is 1. The van der Waals surface area contributed by atoms with Crippen molar-refractivity contribution in [3.63, 3.8) is 0 Å². The second-order valence-electron chi connectivity index (χ2n) is 5.07. The van der Waals surface area contributed by atoms with E-state index >= 15 is 0 Å². The topological polar surface area (TPSA) is 67.2 Å². The van der Waals surface area contributed by atoms with Gasteiger partial charge in [0.25, 0.3) is 5.91 Å². The number of rotatable bonds is 4. The number of alkyl halides is 3. The number of hydrogen-bond donors (Lipinski definition) is 2. The molecule has 1 aromatic carbocycles. The van der Waals surface area contributed by atoms with E-state index in [-0.39, 0.29) is 17.3 Å². The average molecular weight is 347 g/mol. The van der Waals surface area contributed by atoms with Gasteiger partial charge < -0.3 is 15.1 Å². The average Bonchev–Trinajstić information content (AvgIpc) is 3.11. The standard InChI is InChI=1S/C17H12F3N3O2/c18-17(19,20)11-3-1-4-12(9-11)22-13-6-7-15(21-10-13)23-16(24)14-5-2-8-25-14/h1-10,22H,(H,21,23,24). The van der Waals surface area contributed by atoms with Crippen LogP contribution in [-0.2, 0) is 6.18 Å². The van der Waals surface area contributed by atoms with E-state index in [0.717, 1.165) is 12.1 Å². The van der Waals surface area contributed by atoms with Crippen LogP contribution < -0.4 is 10.6 Å². The number of aromatic nitrogens is 1. The second-order valence-corrected chi connectivity index (χ2v) is 5.07. The highest BCUT2D eigenvalue weighted by molar-refractivity contribution is 6.01. The van der Waals surface area contributed by atoms with Gasteiger partial charge in [-0.05, 0) is 42.5 Å². The van der Waals surface area contributed by atoms with Crippen molar-refractivity contribution < 1.29 is 22.4 Å². The quantitative estimate of drug-likeness (QED) is 0.718. The lowest BCUT2D eigenvalue weighted by atomic mass is 10.2. The molecule has 0 radical (unpaired) electrons. The molecule has 2 heterocycles. The molecule has 5 nitrogen and oxygen atoms in total. The van der Waals surface area contributed by atoms with Crippen LogP contribution in [0.1, 0.15) is 16.1 Å². The summed E-state index contributed by atoms with van der Waals surface area (Å²) in [4.78, 5) is 15.9. The van der Waals surface area contributed by atoms with E-state index in [1.165, 1.54) is 36.7 Å². The van der Waals surface area contributed by atoms with Crippen LogP contribution in [0.3, 0.4) is 0 Å². The third-order valence-electron chi connectivity index (χ3n) is 3.23. The fourth-order valence-corrected chi connectivity index (χ4v) is 2.07. The third kappa shape index (κ3) is 4.17. The summed E-state index contributed by atoms with van der Waals surface area (Å²) < 4.78 is 43.1. The summed E-state index contributed by atoms with van der Waals surface area (Å²) in [6, 6.07) is 11.0.